The van der Waals surface area contributed by atoms with Crippen LogP contribution in [-0.4, -0.2) is 49.0 Å². The van der Waals surface area contributed by atoms with Gasteiger partial charge in [0.15, 0.2) is 5.69 Å². The lowest BCUT2D eigenvalue weighted by Crippen LogP contribution is -2.40. The minimum Gasteiger partial charge on any atom is -0.387 e. The van der Waals surface area contributed by atoms with Gasteiger partial charge in [0.25, 0.3) is 5.91 Å². The maximum atomic E-state index is 12.7. The zero-order valence-corrected chi connectivity index (χ0v) is 14.8. The number of piperidine rings is 1. The highest BCUT2D eigenvalue weighted by Crippen LogP contribution is 2.30. The maximum absolute atomic E-state index is 12.7. The molecule has 2 aromatic heterocycles. The molecule has 7 heteroatoms. The van der Waals surface area contributed by atoms with Crippen molar-refractivity contribution in [2.45, 2.75) is 18.9 Å². The Balaban J connectivity index is 1.38. The van der Waals surface area contributed by atoms with E-state index in [1.165, 1.54) is 0 Å². The molecule has 1 unspecified atom stereocenters. The molecule has 1 fully saturated rings. The maximum Gasteiger partial charge on any atom is 0.276 e. The van der Waals surface area contributed by atoms with Crippen LogP contribution in [0, 0.1) is 5.92 Å². The Morgan fingerprint density at radius 2 is 1.81 bits per heavy atom. The number of carbonyl (C=O) groups excluding carboxylic acids is 1. The summed E-state index contributed by atoms with van der Waals surface area (Å²) in [6.45, 7) is 1.18. The molecular weight excluding hydrogens is 342 g/mol. The molecule has 1 aliphatic rings. The lowest BCUT2D eigenvalue weighted by atomic mass is 9.89. The van der Waals surface area contributed by atoms with E-state index < -0.39 is 6.10 Å². The first-order valence-electron chi connectivity index (χ1n) is 9.08. The molecule has 1 amide bonds. The van der Waals surface area contributed by atoms with Crippen LogP contribution in [-0.2, 0) is 0 Å². The second-order valence-electron chi connectivity index (χ2n) is 6.71. The molecule has 1 atom stereocenters. The molecule has 1 saturated heterocycles. The zero-order chi connectivity index (χ0) is 18.6. The molecule has 0 aliphatic carbocycles. The van der Waals surface area contributed by atoms with Gasteiger partial charge in [0.2, 0.25) is 0 Å². The minimum atomic E-state index is -0.595. The zero-order valence-electron chi connectivity index (χ0n) is 14.8. The van der Waals surface area contributed by atoms with Gasteiger partial charge in [-0.25, -0.2) is 4.68 Å². The number of likely N-dealkylation sites (tertiary alicyclic amines) is 1. The van der Waals surface area contributed by atoms with Gasteiger partial charge in [-0.3, -0.25) is 9.78 Å². The highest BCUT2D eigenvalue weighted by molar-refractivity contribution is 5.92. The SMILES string of the molecule is O=C(c1cn(-c2ccccc2)nn1)N1CCC(C(O)c2ccccn2)CC1. The van der Waals surface area contributed by atoms with E-state index in [0.29, 0.717) is 24.5 Å². The van der Waals surface area contributed by atoms with Crippen molar-refractivity contribution in [3.63, 3.8) is 0 Å². The lowest BCUT2D eigenvalue weighted by Gasteiger charge is -2.33. The average molecular weight is 363 g/mol. The van der Waals surface area contributed by atoms with Gasteiger partial charge >= 0.3 is 0 Å². The van der Waals surface area contributed by atoms with Gasteiger partial charge in [-0.05, 0) is 43.0 Å². The first-order chi connectivity index (χ1) is 13.2. The summed E-state index contributed by atoms with van der Waals surface area (Å²) in [5, 5.41) is 18.6. The van der Waals surface area contributed by atoms with E-state index in [9.17, 15) is 9.90 Å². The van der Waals surface area contributed by atoms with Crippen molar-refractivity contribution in [3.05, 3.63) is 72.3 Å². The molecule has 1 N–H and O–H groups in total. The fourth-order valence-corrected chi connectivity index (χ4v) is 3.44. The Labute approximate surface area is 157 Å². The fraction of sp³-hybridized carbons (Fsp3) is 0.300. The molecule has 0 radical (unpaired) electrons. The number of aliphatic hydroxyl groups is 1. The van der Waals surface area contributed by atoms with Crippen molar-refractivity contribution in [2.75, 3.05) is 13.1 Å². The Morgan fingerprint density at radius 3 is 2.52 bits per heavy atom. The molecule has 0 spiro atoms. The molecule has 0 saturated carbocycles. The summed E-state index contributed by atoms with van der Waals surface area (Å²) in [5.74, 6) is -0.0214. The van der Waals surface area contributed by atoms with Crippen LogP contribution in [0.25, 0.3) is 5.69 Å². The van der Waals surface area contributed by atoms with Crippen molar-refractivity contribution in [2.24, 2.45) is 5.92 Å². The number of aliphatic hydroxyl groups excluding tert-OH is 1. The van der Waals surface area contributed by atoms with E-state index in [-0.39, 0.29) is 11.8 Å². The van der Waals surface area contributed by atoms with E-state index in [1.54, 1.807) is 22.0 Å². The predicted molar refractivity (Wildman–Crippen MR) is 99.2 cm³/mol. The Bertz CT molecular complexity index is 889. The Kier molecular flexibility index (Phi) is 4.93. The Morgan fingerprint density at radius 1 is 1.07 bits per heavy atom. The van der Waals surface area contributed by atoms with Crippen LogP contribution >= 0.6 is 0 Å². The normalized spacial score (nSPS) is 16.3. The van der Waals surface area contributed by atoms with Gasteiger partial charge in [0.1, 0.15) is 0 Å². The van der Waals surface area contributed by atoms with Crippen molar-refractivity contribution >= 4 is 5.91 Å². The summed E-state index contributed by atoms with van der Waals surface area (Å²) < 4.78 is 1.60. The van der Waals surface area contributed by atoms with Gasteiger partial charge in [0, 0.05) is 19.3 Å². The van der Waals surface area contributed by atoms with Crippen molar-refractivity contribution in [1.29, 1.82) is 0 Å². The Hall–Kier alpha value is -3.06. The van der Waals surface area contributed by atoms with E-state index in [0.717, 1.165) is 18.5 Å². The van der Waals surface area contributed by atoms with Gasteiger partial charge in [-0.1, -0.05) is 29.5 Å². The van der Waals surface area contributed by atoms with Gasteiger partial charge in [0.05, 0.1) is 23.7 Å². The lowest BCUT2D eigenvalue weighted by molar-refractivity contribution is 0.0444. The van der Waals surface area contributed by atoms with E-state index >= 15 is 0 Å². The van der Waals surface area contributed by atoms with Crippen molar-refractivity contribution in [1.82, 2.24) is 24.9 Å². The van der Waals surface area contributed by atoms with Crippen LogP contribution in [0.2, 0.25) is 0 Å². The molecule has 3 heterocycles. The molecule has 1 aromatic carbocycles. The third kappa shape index (κ3) is 3.73. The van der Waals surface area contributed by atoms with Crippen molar-refractivity contribution in [3.8, 4) is 5.69 Å². The van der Waals surface area contributed by atoms with E-state index in [4.69, 9.17) is 0 Å². The number of hydrogen-bond acceptors (Lipinski definition) is 5. The first kappa shape index (κ1) is 17.4. The summed E-state index contributed by atoms with van der Waals surface area (Å²) >= 11 is 0. The number of para-hydroxylation sites is 1. The summed E-state index contributed by atoms with van der Waals surface area (Å²) in [5.41, 5.74) is 1.89. The summed E-state index contributed by atoms with van der Waals surface area (Å²) in [6, 6.07) is 15.1. The number of pyridine rings is 1. The van der Waals surface area contributed by atoms with Gasteiger partial charge in [-0.15, -0.1) is 5.10 Å². The number of benzene rings is 1. The first-order valence-corrected chi connectivity index (χ1v) is 9.08. The number of amides is 1. The van der Waals surface area contributed by atoms with Gasteiger partial charge < -0.3 is 10.0 Å². The van der Waals surface area contributed by atoms with Gasteiger partial charge in [-0.2, -0.15) is 0 Å². The standard InChI is InChI=1S/C20H21N5O2/c26-19(17-8-4-5-11-21-17)15-9-12-24(13-10-15)20(27)18-14-25(23-22-18)16-6-2-1-3-7-16/h1-8,11,14-15,19,26H,9-10,12-13H2. The third-order valence-corrected chi connectivity index (χ3v) is 5.00. The number of rotatable bonds is 4. The molecule has 1 aliphatic heterocycles. The second-order valence-corrected chi connectivity index (χ2v) is 6.71. The van der Waals surface area contributed by atoms with Crippen LogP contribution in [0.3, 0.4) is 0 Å². The highest BCUT2D eigenvalue weighted by Gasteiger charge is 2.30. The number of carbonyl (C=O) groups is 1. The molecule has 27 heavy (non-hydrogen) atoms. The van der Waals surface area contributed by atoms with Crippen molar-refractivity contribution < 1.29 is 9.90 Å². The van der Waals surface area contributed by atoms with Crippen LogP contribution in [0.15, 0.2) is 60.9 Å². The fourth-order valence-electron chi connectivity index (χ4n) is 3.44. The van der Waals surface area contributed by atoms with Crippen LogP contribution in [0.1, 0.15) is 35.1 Å². The number of aromatic nitrogens is 4. The predicted octanol–water partition coefficient (Wildman–Crippen LogP) is 2.25. The monoisotopic (exact) mass is 363 g/mol. The van der Waals surface area contributed by atoms with Crippen LogP contribution in [0.5, 0.6) is 0 Å². The summed E-state index contributed by atoms with van der Waals surface area (Å²) in [7, 11) is 0. The van der Waals surface area contributed by atoms with Crippen LogP contribution < -0.4 is 0 Å². The average Bonchev–Trinajstić information content (AvgIpc) is 3.24. The molecule has 3 aromatic rings. The number of hydrogen-bond donors (Lipinski definition) is 1. The minimum absolute atomic E-state index is 0.101. The summed E-state index contributed by atoms with van der Waals surface area (Å²) in [4.78, 5) is 18.7. The molecule has 0 bridgehead atoms. The largest absolute Gasteiger partial charge is 0.387 e. The molecular formula is C20H21N5O2. The van der Waals surface area contributed by atoms with E-state index in [2.05, 4.69) is 15.3 Å². The molecule has 7 nitrogen and oxygen atoms in total. The molecule has 4 rings (SSSR count). The molecule has 138 valence electrons. The topological polar surface area (TPSA) is 84.1 Å². The van der Waals surface area contributed by atoms with Crippen LogP contribution in [0.4, 0.5) is 0 Å². The third-order valence-electron chi connectivity index (χ3n) is 5.00. The smallest absolute Gasteiger partial charge is 0.276 e. The van der Waals surface area contributed by atoms with E-state index in [1.807, 2.05) is 48.5 Å². The highest BCUT2D eigenvalue weighted by atomic mass is 16.3. The number of nitrogens with zero attached hydrogens (tertiary/aromatic N) is 5. The quantitative estimate of drug-likeness (QED) is 0.769. The second kappa shape index (κ2) is 7.67. The summed E-state index contributed by atoms with van der Waals surface area (Å²) in [6.07, 6.45) is 4.22.